The molecule has 1 aliphatic heterocycles. The molecular weight excluding hydrogens is 362 g/mol. The molecule has 0 saturated heterocycles. The van der Waals surface area contributed by atoms with Crippen LogP contribution in [0.1, 0.15) is 21.7 Å². The van der Waals surface area contributed by atoms with E-state index in [2.05, 4.69) is 27.1 Å². The minimum atomic E-state index is -0.732. The van der Waals surface area contributed by atoms with Crippen LogP contribution in [0, 0.1) is 11.8 Å². The number of fused-ring (bicyclic) bond motifs is 1. The first-order chi connectivity index (χ1) is 13.6. The van der Waals surface area contributed by atoms with Gasteiger partial charge in [0.05, 0.1) is 13.7 Å². The lowest BCUT2D eigenvalue weighted by Gasteiger charge is -2.20. The summed E-state index contributed by atoms with van der Waals surface area (Å²) in [5.74, 6) is 6.29. The van der Waals surface area contributed by atoms with E-state index in [0.717, 1.165) is 5.56 Å². The zero-order valence-corrected chi connectivity index (χ0v) is 15.0. The summed E-state index contributed by atoms with van der Waals surface area (Å²) < 4.78 is 5.17. The van der Waals surface area contributed by atoms with Gasteiger partial charge < -0.3 is 15.0 Å². The summed E-state index contributed by atoms with van der Waals surface area (Å²) >= 11 is 0. The SMILES string of the molecule is COc1ccc2c(c1)C(=O)N(C[C@@H](C#Cc1ncccn1)NC(=O)NC=O)C2. The highest BCUT2D eigenvalue weighted by Gasteiger charge is 2.29. The highest BCUT2D eigenvalue weighted by atomic mass is 16.5. The van der Waals surface area contributed by atoms with E-state index >= 15 is 0 Å². The van der Waals surface area contributed by atoms with E-state index in [1.165, 1.54) is 7.11 Å². The van der Waals surface area contributed by atoms with Crippen LogP contribution in [0.3, 0.4) is 0 Å². The molecule has 1 aliphatic rings. The number of carbonyl (C=O) groups is 3. The number of urea groups is 1. The minimum Gasteiger partial charge on any atom is -0.497 e. The van der Waals surface area contributed by atoms with E-state index in [0.29, 0.717) is 17.9 Å². The number of hydrogen-bond acceptors (Lipinski definition) is 6. The zero-order chi connectivity index (χ0) is 19.9. The molecule has 0 unspecified atom stereocenters. The second kappa shape index (κ2) is 8.64. The lowest BCUT2D eigenvalue weighted by Crippen LogP contribution is -2.46. The molecule has 2 heterocycles. The number of methoxy groups -OCH3 is 1. The second-order valence-electron chi connectivity index (χ2n) is 5.84. The Balaban J connectivity index is 1.77. The number of hydrogen-bond donors (Lipinski definition) is 2. The Morgan fingerprint density at radius 3 is 2.89 bits per heavy atom. The van der Waals surface area contributed by atoms with Gasteiger partial charge in [0, 0.05) is 24.5 Å². The number of imide groups is 1. The molecule has 4 amide bonds. The molecule has 9 heteroatoms. The van der Waals surface area contributed by atoms with Gasteiger partial charge in [0.1, 0.15) is 11.8 Å². The Morgan fingerprint density at radius 2 is 2.18 bits per heavy atom. The number of nitrogens with one attached hydrogen (secondary N) is 2. The molecule has 0 spiro atoms. The summed E-state index contributed by atoms with van der Waals surface area (Å²) in [5.41, 5.74) is 1.41. The Hall–Kier alpha value is -3.93. The normalized spacial score (nSPS) is 13.0. The van der Waals surface area contributed by atoms with Gasteiger partial charge in [-0.1, -0.05) is 12.0 Å². The number of ether oxygens (including phenoxy) is 1. The van der Waals surface area contributed by atoms with Crippen molar-refractivity contribution >= 4 is 18.3 Å². The van der Waals surface area contributed by atoms with Gasteiger partial charge in [-0.05, 0) is 29.7 Å². The molecule has 1 aromatic carbocycles. The van der Waals surface area contributed by atoms with Crippen LogP contribution < -0.4 is 15.4 Å². The van der Waals surface area contributed by atoms with Gasteiger partial charge in [-0.15, -0.1) is 0 Å². The number of rotatable bonds is 5. The lowest BCUT2D eigenvalue weighted by atomic mass is 10.1. The Labute approximate surface area is 161 Å². The molecule has 1 aromatic heterocycles. The van der Waals surface area contributed by atoms with Crippen LogP contribution in [0.2, 0.25) is 0 Å². The number of benzene rings is 1. The molecular formula is C19H17N5O4. The Kier molecular flexibility index (Phi) is 5.81. The van der Waals surface area contributed by atoms with Crippen molar-refractivity contribution < 1.29 is 19.1 Å². The molecule has 0 radical (unpaired) electrons. The van der Waals surface area contributed by atoms with Gasteiger partial charge in [0.15, 0.2) is 0 Å². The molecule has 9 nitrogen and oxygen atoms in total. The maximum Gasteiger partial charge on any atom is 0.322 e. The van der Waals surface area contributed by atoms with Crippen LogP contribution in [0.4, 0.5) is 4.79 Å². The Bertz CT molecular complexity index is 952. The van der Waals surface area contributed by atoms with E-state index in [-0.39, 0.29) is 24.7 Å². The maximum absolute atomic E-state index is 12.7. The van der Waals surface area contributed by atoms with Gasteiger partial charge in [-0.3, -0.25) is 14.9 Å². The van der Waals surface area contributed by atoms with Gasteiger partial charge >= 0.3 is 6.03 Å². The molecule has 2 aromatic rings. The topological polar surface area (TPSA) is 114 Å². The summed E-state index contributed by atoms with van der Waals surface area (Å²) in [4.78, 5) is 44.5. The first-order valence-electron chi connectivity index (χ1n) is 8.36. The van der Waals surface area contributed by atoms with Gasteiger partial charge in [-0.25, -0.2) is 14.8 Å². The van der Waals surface area contributed by atoms with Crippen molar-refractivity contribution in [2.24, 2.45) is 0 Å². The summed E-state index contributed by atoms with van der Waals surface area (Å²) in [7, 11) is 1.53. The third-order valence-corrected chi connectivity index (χ3v) is 4.02. The van der Waals surface area contributed by atoms with Gasteiger partial charge in [0.2, 0.25) is 12.2 Å². The molecule has 3 rings (SSSR count). The molecule has 28 heavy (non-hydrogen) atoms. The van der Waals surface area contributed by atoms with E-state index < -0.39 is 12.1 Å². The summed E-state index contributed by atoms with van der Waals surface area (Å²) in [6.45, 7) is 0.511. The summed E-state index contributed by atoms with van der Waals surface area (Å²) in [6, 6.07) is 5.51. The van der Waals surface area contributed by atoms with Crippen molar-refractivity contribution in [3.8, 4) is 17.6 Å². The minimum absolute atomic E-state index is 0.127. The highest BCUT2D eigenvalue weighted by molar-refractivity contribution is 5.98. The third-order valence-electron chi connectivity index (χ3n) is 4.02. The number of aromatic nitrogens is 2. The van der Waals surface area contributed by atoms with Crippen molar-refractivity contribution in [2.75, 3.05) is 13.7 Å². The summed E-state index contributed by atoms with van der Waals surface area (Å²) in [6.07, 6.45) is 3.36. The smallest absolute Gasteiger partial charge is 0.322 e. The highest BCUT2D eigenvalue weighted by Crippen LogP contribution is 2.26. The van der Waals surface area contributed by atoms with Crippen LogP contribution in [-0.2, 0) is 11.3 Å². The third kappa shape index (κ3) is 4.42. The molecule has 0 fully saturated rings. The van der Waals surface area contributed by atoms with Crippen LogP contribution in [0.15, 0.2) is 36.7 Å². The number of carbonyl (C=O) groups excluding carboxylic acids is 3. The molecule has 0 saturated carbocycles. The predicted molar refractivity (Wildman–Crippen MR) is 98.2 cm³/mol. The van der Waals surface area contributed by atoms with E-state index in [1.807, 2.05) is 11.4 Å². The quantitative estimate of drug-likeness (QED) is 0.571. The van der Waals surface area contributed by atoms with E-state index in [4.69, 9.17) is 4.74 Å². The fourth-order valence-corrected chi connectivity index (χ4v) is 2.73. The van der Waals surface area contributed by atoms with Crippen LogP contribution in [0.25, 0.3) is 0 Å². The van der Waals surface area contributed by atoms with Crippen molar-refractivity contribution in [3.05, 3.63) is 53.6 Å². The van der Waals surface area contributed by atoms with E-state index in [9.17, 15) is 14.4 Å². The lowest BCUT2D eigenvalue weighted by molar-refractivity contribution is -0.108. The predicted octanol–water partition coefficient (Wildman–Crippen LogP) is 0.317. The number of amides is 4. The van der Waals surface area contributed by atoms with Crippen molar-refractivity contribution in [3.63, 3.8) is 0 Å². The fraction of sp³-hybridized carbons (Fsp3) is 0.211. The molecule has 1 atom stereocenters. The van der Waals surface area contributed by atoms with Crippen molar-refractivity contribution in [1.82, 2.24) is 25.5 Å². The zero-order valence-electron chi connectivity index (χ0n) is 15.0. The molecule has 0 aliphatic carbocycles. The van der Waals surface area contributed by atoms with Crippen molar-refractivity contribution in [1.29, 1.82) is 0 Å². The molecule has 0 bridgehead atoms. The van der Waals surface area contributed by atoms with Crippen LogP contribution in [0.5, 0.6) is 5.75 Å². The fourth-order valence-electron chi connectivity index (χ4n) is 2.73. The standard InChI is InChI=1S/C19H17N5O4/c1-28-15-5-3-13-10-24(18(26)16(13)9-15)11-14(23-19(27)22-12-25)4-6-17-20-7-2-8-21-17/h2-3,5,7-9,12,14H,10-11H2,1H3,(H2,22,23,25,27)/t14-/m1/s1. The first kappa shape index (κ1) is 18.8. The molecule has 2 N–H and O–H groups in total. The van der Waals surface area contributed by atoms with E-state index in [1.54, 1.807) is 35.5 Å². The Morgan fingerprint density at radius 1 is 1.39 bits per heavy atom. The van der Waals surface area contributed by atoms with Crippen molar-refractivity contribution in [2.45, 2.75) is 12.6 Å². The second-order valence-corrected chi connectivity index (χ2v) is 5.84. The maximum atomic E-state index is 12.7. The number of nitrogens with zero attached hydrogens (tertiary/aromatic N) is 3. The van der Waals surface area contributed by atoms with Gasteiger partial charge in [0.25, 0.3) is 5.91 Å². The summed E-state index contributed by atoms with van der Waals surface area (Å²) in [5, 5.41) is 4.55. The largest absolute Gasteiger partial charge is 0.497 e. The average molecular weight is 379 g/mol. The van der Waals surface area contributed by atoms with Gasteiger partial charge in [-0.2, -0.15) is 0 Å². The first-order valence-corrected chi connectivity index (χ1v) is 8.36. The van der Waals surface area contributed by atoms with Crippen LogP contribution in [-0.4, -0.2) is 52.9 Å². The van der Waals surface area contributed by atoms with Crippen LogP contribution >= 0.6 is 0 Å². The monoisotopic (exact) mass is 379 g/mol. The average Bonchev–Trinajstić information content (AvgIpc) is 3.02. The molecule has 142 valence electrons.